The van der Waals surface area contributed by atoms with Crippen molar-refractivity contribution in [2.75, 3.05) is 6.54 Å². The van der Waals surface area contributed by atoms with Gasteiger partial charge in [-0.25, -0.2) is 0 Å². The van der Waals surface area contributed by atoms with Crippen LogP contribution in [0.15, 0.2) is 0 Å². The number of carbonyl (C=O) groups is 2. The fourth-order valence-electron chi connectivity index (χ4n) is 4.85. The van der Waals surface area contributed by atoms with E-state index in [2.05, 4.69) is 11.8 Å². The fourth-order valence-corrected chi connectivity index (χ4v) is 4.85. The van der Waals surface area contributed by atoms with E-state index in [0.717, 1.165) is 38.6 Å². The summed E-state index contributed by atoms with van der Waals surface area (Å²) in [6.45, 7) is 3.11. The Hall–Kier alpha value is -0.860. The predicted molar refractivity (Wildman–Crippen MR) is 78.2 cm³/mol. The molecule has 0 bridgehead atoms. The number of hydrogen-bond donors (Lipinski definition) is 0. The second kappa shape index (κ2) is 5.87. The summed E-state index contributed by atoms with van der Waals surface area (Å²) in [5.74, 6) is 2.03. The predicted octanol–water partition coefficient (Wildman–Crippen LogP) is 3.17. The van der Waals surface area contributed by atoms with Crippen molar-refractivity contribution < 1.29 is 9.59 Å². The lowest BCUT2D eigenvalue weighted by Crippen LogP contribution is -2.49. The molecule has 1 aliphatic carbocycles. The summed E-state index contributed by atoms with van der Waals surface area (Å²) >= 11 is 0. The number of nitrogens with zero attached hydrogens (tertiary/aromatic N) is 1. The molecule has 3 fully saturated rings. The standard InChI is InChI=1S/C17H27NO2/c1-2-3-4-6-13-14-7-5-8-16(20)18-10-9-12(17(14)18)11-15(13)19/h12-14,17H,2-11H2,1H3/t12-,13+,14+,17-/m0/s1. The maximum Gasteiger partial charge on any atom is 0.222 e. The van der Waals surface area contributed by atoms with Crippen LogP contribution in [-0.4, -0.2) is 29.2 Å². The normalized spacial score (nSPS) is 37.0. The smallest absolute Gasteiger partial charge is 0.222 e. The lowest BCUT2D eigenvalue weighted by Gasteiger charge is -2.41. The van der Waals surface area contributed by atoms with Gasteiger partial charge in [0.1, 0.15) is 5.78 Å². The van der Waals surface area contributed by atoms with Gasteiger partial charge in [0.15, 0.2) is 0 Å². The Kier molecular flexibility index (Phi) is 4.13. The number of hydrogen-bond acceptors (Lipinski definition) is 2. The average Bonchev–Trinajstić information content (AvgIpc) is 2.76. The second-order valence-electron chi connectivity index (χ2n) is 6.96. The third-order valence-corrected chi connectivity index (χ3v) is 5.78. The molecule has 2 saturated heterocycles. The zero-order valence-corrected chi connectivity index (χ0v) is 12.6. The van der Waals surface area contributed by atoms with Crippen LogP contribution in [0.1, 0.15) is 64.7 Å². The van der Waals surface area contributed by atoms with E-state index < -0.39 is 0 Å². The van der Waals surface area contributed by atoms with Gasteiger partial charge in [-0.05, 0) is 37.5 Å². The fraction of sp³-hybridized carbons (Fsp3) is 0.882. The lowest BCUT2D eigenvalue weighted by atomic mass is 9.67. The highest BCUT2D eigenvalue weighted by molar-refractivity contribution is 5.84. The van der Waals surface area contributed by atoms with Crippen LogP contribution in [0.3, 0.4) is 0 Å². The molecule has 0 aromatic heterocycles. The molecule has 3 aliphatic rings. The second-order valence-corrected chi connectivity index (χ2v) is 6.96. The summed E-state index contributed by atoms with van der Waals surface area (Å²) < 4.78 is 0. The van der Waals surface area contributed by atoms with E-state index in [0.29, 0.717) is 36.0 Å². The lowest BCUT2D eigenvalue weighted by molar-refractivity contribution is -0.138. The molecule has 112 valence electrons. The van der Waals surface area contributed by atoms with Crippen molar-refractivity contribution >= 4 is 11.7 Å². The Morgan fingerprint density at radius 2 is 2.05 bits per heavy atom. The van der Waals surface area contributed by atoms with Gasteiger partial charge in [0.25, 0.3) is 0 Å². The van der Waals surface area contributed by atoms with Gasteiger partial charge in [0.05, 0.1) is 0 Å². The number of rotatable bonds is 4. The maximum atomic E-state index is 12.5. The van der Waals surface area contributed by atoms with Gasteiger partial charge >= 0.3 is 0 Å². The van der Waals surface area contributed by atoms with Crippen LogP contribution >= 0.6 is 0 Å². The van der Waals surface area contributed by atoms with Gasteiger partial charge in [0.2, 0.25) is 5.91 Å². The van der Waals surface area contributed by atoms with Crippen LogP contribution in [0.5, 0.6) is 0 Å². The van der Waals surface area contributed by atoms with Crippen molar-refractivity contribution in [2.24, 2.45) is 17.8 Å². The highest BCUT2D eigenvalue weighted by Crippen LogP contribution is 2.46. The summed E-state index contributed by atoms with van der Waals surface area (Å²) in [4.78, 5) is 26.9. The number of carbonyl (C=O) groups excluding carboxylic acids is 2. The Balaban J connectivity index is 1.78. The van der Waals surface area contributed by atoms with Gasteiger partial charge in [-0.3, -0.25) is 9.59 Å². The molecule has 4 atom stereocenters. The molecule has 1 amide bonds. The van der Waals surface area contributed by atoms with E-state index in [9.17, 15) is 9.59 Å². The van der Waals surface area contributed by atoms with E-state index in [1.807, 2.05) is 0 Å². The third-order valence-electron chi connectivity index (χ3n) is 5.78. The van der Waals surface area contributed by atoms with Gasteiger partial charge in [-0.15, -0.1) is 0 Å². The molecular weight excluding hydrogens is 250 g/mol. The zero-order valence-electron chi connectivity index (χ0n) is 12.6. The first-order chi connectivity index (χ1) is 9.72. The van der Waals surface area contributed by atoms with Gasteiger partial charge in [-0.1, -0.05) is 26.2 Å². The van der Waals surface area contributed by atoms with Crippen LogP contribution in [0.4, 0.5) is 0 Å². The molecule has 0 N–H and O–H groups in total. The molecule has 0 aromatic rings. The molecule has 3 rings (SSSR count). The van der Waals surface area contributed by atoms with Crippen molar-refractivity contribution in [3.63, 3.8) is 0 Å². The minimum absolute atomic E-state index is 0.245. The van der Waals surface area contributed by atoms with Crippen LogP contribution in [0, 0.1) is 17.8 Å². The summed E-state index contributed by atoms with van der Waals surface area (Å²) in [7, 11) is 0. The highest BCUT2D eigenvalue weighted by atomic mass is 16.2. The molecule has 3 nitrogen and oxygen atoms in total. The SMILES string of the molecule is CCCCC[C@H]1C(=O)C[C@@H]2CCN3C(=O)CCC[C@H]1[C@H]23. The van der Waals surface area contributed by atoms with Gasteiger partial charge in [-0.2, -0.15) is 0 Å². The highest BCUT2D eigenvalue weighted by Gasteiger charge is 2.50. The zero-order chi connectivity index (χ0) is 14.1. The molecule has 0 aromatic carbocycles. The largest absolute Gasteiger partial charge is 0.339 e. The molecule has 2 heterocycles. The Labute approximate surface area is 122 Å². The first-order valence-electron chi connectivity index (χ1n) is 8.54. The van der Waals surface area contributed by atoms with E-state index in [1.165, 1.54) is 19.3 Å². The van der Waals surface area contributed by atoms with Crippen LogP contribution in [0.2, 0.25) is 0 Å². The minimum atomic E-state index is 0.245. The molecular formula is C17H27NO2. The summed E-state index contributed by atoms with van der Waals surface area (Å²) in [6.07, 6.45) is 9.25. The van der Waals surface area contributed by atoms with E-state index in [-0.39, 0.29) is 5.92 Å². The molecule has 1 saturated carbocycles. The first-order valence-corrected chi connectivity index (χ1v) is 8.54. The van der Waals surface area contributed by atoms with Gasteiger partial charge < -0.3 is 4.90 Å². The van der Waals surface area contributed by atoms with Crippen LogP contribution in [0.25, 0.3) is 0 Å². The van der Waals surface area contributed by atoms with Crippen molar-refractivity contribution in [1.29, 1.82) is 0 Å². The number of amides is 1. The summed E-state index contributed by atoms with van der Waals surface area (Å²) in [5, 5.41) is 0. The average molecular weight is 277 g/mol. The van der Waals surface area contributed by atoms with Crippen LogP contribution in [-0.2, 0) is 9.59 Å². The third kappa shape index (κ3) is 2.40. The van der Waals surface area contributed by atoms with E-state index in [1.54, 1.807) is 0 Å². The number of ketones is 1. The topological polar surface area (TPSA) is 37.4 Å². The van der Waals surface area contributed by atoms with E-state index in [4.69, 9.17) is 0 Å². The Bertz CT molecular complexity index is 392. The molecule has 20 heavy (non-hydrogen) atoms. The molecule has 3 heteroatoms. The minimum Gasteiger partial charge on any atom is -0.339 e. The maximum absolute atomic E-state index is 12.5. The van der Waals surface area contributed by atoms with Crippen LogP contribution < -0.4 is 0 Å². The Morgan fingerprint density at radius 1 is 1.20 bits per heavy atom. The Morgan fingerprint density at radius 3 is 2.85 bits per heavy atom. The van der Waals surface area contributed by atoms with Crippen molar-refractivity contribution in [2.45, 2.75) is 70.8 Å². The van der Waals surface area contributed by atoms with Gasteiger partial charge in [0, 0.05) is 31.3 Å². The number of Topliss-reactive ketones (excluding diaryl/α,β-unsaturated/α-hetero) is 1. The molecule has 0 spiro atoms. The molecule has 0 unspecified atom stereocenters. The van der Waals surface area contributed by atoms with Crippen molar-refractivity contribution in [3.05, 3.63) is 0 Å². The number of unbranched alkanes of at least 4 members (excludes halogenated alkanes) is 2. The van der Waals surface area contributed by atoms with Crippen molar-refractivity contribution in [3.8, 4) is 0 Å². The first kappa shape index (κ1) is 14.1. The van der Waals surface area contributed by atoms with Crippen molar-refractivity contribution in [1.82, 2.24) is 4.90 Å². The monoisotopic (exact) mass is 277 g/mol. The molecule has 0 radical (unpaired) electrons. The quantitative estimate of drug-likeness (QED) is 0.740. The molecule has 2 aliphatic heterocycles. The summed E-state index contributed by atoms with van der Waals surface area (Å²) in [6, 6.07) is 0.398. The van der Waals surface area contributed by atoms with E-state index >= 15 is 0 Å². The summed E-state index contributed by atoms with van der Waals surface area (Å²) in [5.41, 5.74) is 0.